The average Bonchev–Trinajstić information content (AvgIpc) is 2.53. The Hall–Kier alpha value is -2.65. The second-order valence-corrected chi connectivity index (χ2v) is 7.20. The maximum absolute atomic E-state index is 12.5. The second-order valence-electron chi connectivity index (χ2n) is 5.23. The van der Waals surface area contributed by atoms with Crippen LogP contribution >= 0.6 is 0 Å². The predicted molar refractivity (Wildman–Crippen MR) is 86.4 cm³/mol. The smallest absolute Gasteiger partial charge is 0.267 e. The minimum Gasteiger partial charge on any atom is -0.268 e. The van der Waals surface area contributed by atoms with E-state index < -0.39 is 15.9 Å². The first-order valence-corrected chi connectivity index (χ1v) is 8.32. The van der Waals surface area contributed by atoms with Crippen LogP contribution in [-0.2, 0) is 10.0 Å². The van der Waals surface area contributed by atoms with Crippen molar-refractivity contribution in [3.05, 3.63) is 64.7 Å². The number of hydrogen-bond acceptors (Lipinski definition) is 4. The third-order valence-electron chi connectivity index (χ3n) is 3.55. The lowest BCUT2D eigenvalue weighted by Gasteiger charge is -2.18. The highest BCUT2D eigenvalue weighted by atomic mass is 32.2. The van der Waals surface area contributed by atoms with Crippen LogP contribution in [0.4, 0.5) is 0 Å². The molecule has 1 amide bonds. The molecule has 0 saturated carbocycles. The highest BCUT2D eigenvalue weighted by Gasteiger charge is 2.27. The Labute approximate surface area is 135 Å². The van der Waals surface area contributed by atoms with Crippen LogP contribution in [0.5, 0.6) is 0 Å². The first kappa shape index (κ1) is 16.7. The molecule has 0 fully saturated rings. The van der Waals surface area contributed by atoms with Gasteiger partial charge in [0.25, 0.3) is 15.9 Å². The lowest BCUT2D eigenvalue weighted by atomic mass is 10.1. The van der Waals surface area contributed by atoms with Gasteiger partial charge in [-0.1, -0.05) is 17.7 Å². The summed E-state index contributed by atoms with van der Waals surface area (Å²) in [7, 11) is -2.69. The van der Waals surface area contributed by atoms with Crippen LogP contribution in [0.3, 0.4) is 0 Å². The van der Waals surface area contributed by atoms with Crippen molar-refractivity contribution in [2.75, 3.05) is 7.05 Å². The molecule has 0 bridgehead atoms. The van der Waals surface area contributed by atoms with Crippen LogP contribution in [0.25, 0.3) is 0 Å². The topological polar surface area (TPSA) is 78.2 Å². The van der Waals surface area contributed by atoms with E-state index in [0.717, 1.165) is 9.87 Å². The molecule has 0 saturated heterocycles. The predicted octanol–water partition coefficient (Wildman–Crippen LogP) is 2.64. The third kappa shape index (κ3) is 3.25. The molecule has 0 aliphatic heterocycles. The van der Waals surface area contributed by atoms with Gasteiger partial charge in [-0.25, -0.2) is 12.7 Å². The Bertz CT molecular complexity index is 894. The molecule has 2 aromatic rings. The lowest BCUT2D eigenvalue weighted by Crippen LogP contribution is -2.33. The highest BCUT2D eigenvalue weighted by Crippen LogP contribution is 2.19. The molecule has 0 aliphatic carbocycles. The first-order valence-electron chi connectivity index (χ1n) is 6.88. The zero-order valence-electron chi connectivity index (χ0n) is 13.1. The van der Waals surface area contributed by atoms with Crippen LogP contribution in [0.2, 0.25) is 0 Å². The Morgan fingerprint density at radius 1 is 1.09 bits per heavy atom. The molecule has 0 aliphatic rings. The third-order valence-corrected chi connectivity index (χ3v) is 5.31. The fourth-order valence-corrected chi connectivity index (χ4v) is 3.23. The van der Waals surface area contributed by atoms with Crippen molar-refractivity contribution in [1.29, 1.82) is 5.26 Å². The van der Waals surface area contributed by atoms with E-state index >= 15 is 0 Å². The molecule has 118 valence electrons. The molecule has 6 heteroatoms. The van der Waals surface area contributed by atoms with Crippen LogP contribution in [0.1, 0.15) is 27.0 Å². The molecule has 0 heterocycles. The number of nitrogens with zero attached hydrogens (tertiary/aromatic N) is 2. The Kier molecular flexibility index (Phi) is 4.52. The van der Waals surface area contributed by atoms with Gasteiger partial charge in [-0.15, -0.1) is 0 Å². The van der Waals surface area contributed by atoms with E-state index in [4.69, 9.17) is 5.26 Å². The van der Waals surface area contributed by atoms with E-state index in [2.05, 4.69) is 0 Å². The summed E-state index contributed by atoms with van der Waals surface area (Å²) in [5, 5.41) is 8.86. The number of rotatable bonds is 3. The van der Waals surface area contributed by atoms with Crippen molar-refractivity contribution < 1.29 is 13.2 Å². The maximum atomic E-state index is 12.5. The summed E-state index contributed by atoms with van der Waals surface area (Å²) >= 11 is 0. The quantitative estimate of drug-likeness (QED) is 0.867. The van der Waals surface area contributed by atoms with Gasteiger partial charge in [0, 0.05) is 12.6 Å². The first-order chi connectivity index (χ1) is 10.8. The van der Waals surface area contributed by atoms with Crippen LogP contribution < -0.4 is 0 Å². The maximum Gasteiger partial charge on any atom is 0.267 e. The van der Waals surface area contributed by atoms with Gasteiger partial charge >= 0.3 is 0 Å². The van der Waals surface area contributed by atoms with Crippen molar-refractivity contribution in [1.82, 2.24) is 4.31 Å². The van der Waals surface area contributed by atoms with Crippen LogP contribution in [-0.4, -0.2) is 25.7 Å². The van der Waals surface area contributed by atoms with E-state index in [1.54, 1.807) is 25.1 Å². The SMILES string of the molecule is Cc1ccc(S(=O)(=O)N(C)C(=O)c2ccc(C#N)cc2C)cc1. The molecule has 0 aromatic heterocycles. The molecule has 2 aromatic carbocycles. The van der Waals surface area contributed by atoms with E-state index in [1.165, 1.54) is 31.3 Å². The van der Waals surface area contributed by atoms with Gasteiger partial charge < -0.3 is 0 Å². The number of benzene rings is 2. The largest absolute Gasteiger partial charge is 0.268 e. The van der Waals surface area contributed by atoms with Gasteiger partial charge in [0.2, 0.25) is 0 Å². The van der Waals surface area contributed by atoms with Crippen LogP contribution in [0, 0.1) is 25.2 Å². The molecule has 0 radical (unpaired) electrons. The molecule has 2 rings (SSSR count). The summed E-state index contributed by atoms with van der Waals surface area (Å²) in [5.41, 5.74) is 2.16. The Morgan fingerprint density at radius 2 is 1.70 bits per heavy atom. The summed E-state index contributed by atoms with van der Waals surface area (Å²) < 4.78 is 25.8. The zero-order valence-corrected chi connectivity index (χ0v) is 13.9. The molecule has 0 spiro atoms. The zero-order chi connectivity index (χ0) is 17.2. The molecule has 0 atom stereocenters. The number of sulfonamides is 1. The number of hydrogen-bond donors (Lipinski definition) is 0. The second kappa shape index (κ2) is 6.23. The minimum absolute atomic E-state index is 0.0604. The van der Waals surface area contributed by atoms with Gasteiger partial charge in [0.15, 0.2) is 0 Å². The van der Waals surface area contributed by atoms with Gasteiger partial charge in [0.05, 0.1) is 16.5 Å². The molecular formula is C17H16N2O3S. The molecule has 5 nitrogen and oxygen atoms in total. The van der Waals surface area contributed by atoms with Crippen molar-refractivity contribution >= 4 is 15.9 Å². The number of nitriles is 1. The molecular weight excluding hydrogens is 312 g/mol. The Balaban J connectivity index is 2.39. The van der Waals surface area contributed by atoms with E-state index in [9.17, 15) is 13.2 Å². The molecule has 23 heavy (non-hydrogen) atoms. The summed E-state index contributed by atoms with van der Waals surface area (Å²) in [6.45, 7) is 3.52. The fourth-order valence-electron chi connectivity index (χ4n) is 2.12. The van der Waals surface area contributed by atoms with Gasteiger partial charge in [-0.05, 0) is 49.7 Å². The van der Waals surface area contributed by atoms with E-state index in [-0.39, 0.29) is 10.5 Å². The van der Waals surface area contributed by atoms with Crippen molar-refractivity contribution in [3.63, 3.8) is 0 Å². The summed E-state index contributed by atoms with van der Waals surface area (Å²) in [5.74, 6) is -0.632. The van der Waals surface area contributed by atoms with Gasteiger partial charge in [-0.2, -0.15) is 5.26 Å². The standard InChI is InChI=1S/C17H16N2O3S/c1-12-4-7-15(8-5-12)23(21,22)19(3)17(20)16-9-6-14(11-18)10-13(16)2/h4-10H,1-3H3. The van der Waals surface area contributed by atoms with Crippen LogP contribution in [0.15, 0.2) is 47.4 Å². The van der Waals surface area contributed by atoms with Crippen molar-refractivity contribution in [2.24, 2.45) is 0 Å². The molecule has 0 unspecified atom stereocenters. The van der Waals surface area contributed by atoms with E-state index in [1.807, 2.05) is 13.0 Å². The van der Waals surface area contributed by atoms with Crippen molar-refractivity contribution in [3.8, 4) is 6.07 Å². The van der Waals surface area contributed by atoms with Gasteiger partial charge in [-0.3, -0.25) is 4.79 Å². The minimum atomic E-state index is -3.92. The van der Waals surface area contributed by atoms with Gasteiger partial charge in [0.1, 0.15) is 0 Å². The number of amides is 1. The summed E-state index contributed by atoms with van der Waals surface area (Å²) in [6.07, 6.45) is 0. The summed E-state index contributed by atoms with van der Waals surface area (Å²) in [4.78, 5) is 12.6. The normalized spacial score (nSPS) is 10.9. The lowest BCUT2D eigenvalue weighted by molar-refractivity contribution is 0.0882. The summed E-state index contributed by atoms with van der Waals surface area (Å²) in [6, 6.07) is 12.8. The van der Waals surface area contributed by atoms with Crippen molar-refractivity contribution in [2.45, 2.75) is 18.7 Å². The highest BCUT2D eigenvalue weighted by molar-refractivity contribution is 7.89. The average molecular weight is 328 g/mol. The Morgan fingerprint density at radius 3 is 2.22 bits per heavy atom. The number of carbonyl (C=O) groups is 1. The van der Waals surface area contributed by atoms with E-state index in [0.29, 0.717) is 11.1 Å². The fraction of sp³-hybridized carbons (Fsp3) is 0.176. The number of carbonyl (C=O) groups excluding carboxylic acids is 1. The monoisotopic (exact) mass is 328 g/mol. The number of aryl methyl sites for hydroxylation is 2. The molecule has 0 N–H and O–H groups in total.